The molecule has 0 spiro atoms. The molecule has 240 valence electrons. The average Bonchev–Trinajstić information content (AvgIpc) is 3.59. The Morgan fingerprint density at radius 3 is 2.64 bits per heavy atom. The van der Waals surface area contributed by atoms with Gasteiger partial charge in [-0.1, -0.05) is 11.8 Å². The number of aryl methyl sites for hydroxylation is 1. The third-order valence-electron chi connectivity index (χ3n) is 8.33. The first-order chi connectivity index (χ1) is 22.1. The molecule has 5 heterocycles. The van der Waals surface area contributed by atoms with Gasteiger partial charge in [0.05, 0.1) is 5.75 Å². The predicted molar refractivity (Wildman–Crippen MR) is 168 cm³/mol. The molecular formula is C30H30N7NaO7S2. The van der Waals surface area contributed by atoms with E-state index in [2.05, 4.69) is 25.7 Å². The number of phenols is 2. The van der Waals surface area contributed by atoms with Gasteiger partial charge in [0.15, 0.2) is 17.3 Å². The maximum absolute atomic E-state index is 13.3. The molecule has 3 fully saturated rings. The van der Waals surface area contributed by atoms with Crippen molar-refractivity contribution in [2.75, 3.05) is 18.1 Å². The van der Waals surface area contributed by atoms with Crippen molar-refractivity contribution in [1.29, 1.82) is 0 Å². The number of aromatic nitrogens is 4. The summed E-state index contributed by atoms with van der Waals surface area (Å²) in [5.74, 6) is -1.70. The van der Waals surface area contributed by atoms with E-state index in [4.69, 9.17) is 0 Å². The number of carbonyl (C=O) groups excluding carboxylic acids is 3. The van der Waals surface area contributed by atoms with E-state index in [0.717, 1.165) is 18.4 Å². The number of phenolic OH excluding ortho intramolecular Hbond substituents is 2. The van der Waals surface area contributed by atoms with Crippen molar-refractivity contribution in [3.63, 3.8) is 0 Å². The number of amides is 3. The minimum absolute atomic E-state index is 0. The summed E-state index contributed by atoms with van der Waals surface area (Å²) in [5, 5.41) is 39.8. The first-order valence-electron chi connectivity index (χ1n) is 14.7. The van der Waals surface area contributed by atoms with Crippen molar-refractivity contribution in [3.05, 3.63) is 52.4 Å². The van der Waals surface area contributed by atoms with Crippen molar-refractivity contribution in [3.8, 4) is 22.9 Å². The van der Waals surface area contributed by atoms with Gasteiger partial charge in [-0.2, -0.15) is 9.50 Å². The fourth-order valence-electron chi connectivity index (χ4n) is 5.89. The number of hydrogen-bond donors (Lipinski definition) is 5. The van der Waals surface area contributed by atoms with Crippen LogP contribution in [0.3, 0.4) is 0 Å². The predicted octanol–water partition coefficient (Wildman–Crippen LogP) is -0.925. The number of nitrogens with zero attached hydrogens (tertiary/aromatic N) is 5. The fraction of sp³-hybridized carbons (Fsp3) is 0.367. The van der Waals surface area contributed by atoms with Crippen LogP contribution < -0.4 is 40.2 Å². The van der Waals surface area contributed by atoms with E-state index in [0.29, 0.717) is 58.5 Å². The third-order valence-corrected chi connectivity index (χ3v) is 10.6. The molecule has 0 bridgehead atoms. The zero-order valence-electron chi connectivity index (χ0n) is 26.5. The molecule has 1 saturated carbocycles. The summed E-state index contributed by atoms with van der Waals surface area (Å²) in [4.78, 5) is 61.6. The Morgan fingerprint density at radius 1 is 1.17 bits per heavy atom. The molecule has 2 atom stereocenters. The van der Waals surface area contributed by atoms with Crippen LogP contribution >= 0.6 is 23.5 Å². The molecule has 1 aromatic carbocycles. The number of rotatable bonds is 9. The van der Waals surface area contributed by atoms with E-state index in [1.807, 2.05) is 0 Å². The normalized spacial score (nSPS) is 21.6. The summed E-state index contributed by atoms with van der Waals surface area (Å²) < 4.78 is 1.47. The van der Waals surface area contributed by atoms with Gasteiger partial charge in [-0.25, -0.2) is 9.78 Å². The van der Waals surface area contributed by atoms with Crippen molar-refractivity contribution in [2.24, 2.45) is 5.92 Å². The second-order valence-corrected chi connectivity index (χ2v) is 13.7. The molecule has 0 unspecified atom stereocenters. The largest absolute Gasteiger partial charge is 1.00 e. The summed E-state index contributed by atoms with van der Waals surface area (Å²) in [5.41, 5.74) is 2.88. The molecule has 1 aliphatic carbocycles. The number of aromatic hydroxyl groups is 2. The molecule has 7 rings (SSSR count). The number of thioether (sulfide) groups is 2. The Morgan fingerprint density at radius 2 is 1.96 bits per heavy atom. The standard InChI is InChI=1S/C30H29N7O7S2.Na.H/c1-13-8-22(37-30(32-13)34-25(35-37)15-4-5-19(38)20(39)10-15)45-12-21(40)33-23-27(42)36-24(29(43)44)18(11-46-28(23)36)17(9-14-2-3-14)16-6-7-31-26(16)41;;/h4-5,8,10,14,23,28,38-39H,2-3,6-7,9,11-12H2,1H3,(H,31,41)(H,33,40)(H,43,44);;/q;+1;-1/t23-,28-;;/m1../s1. The number of aliphatic carboxylic acids is 1. The second kappa shape index (κ2) is 13.1. The summed E-state index contributed by atoms with van der Waals surface area (Å²) in [6.07, 6.45) is 3.20. The van der Waals surface area contributed by atoms with Gasteiger partial charge in [0.25, 0.3) is 11.7 Å². The molecule has 2 aromatic heterocycles. The number of carbonyl (C=O) groups is 4. The van der Waals surface area contributed by atoms with Crippen LogP contribution in [-0.2, 0) is 19.2 Å². The van der Waals surface area contributed by atoms with Crippen LogP contribution in [0.1, 0.15) is 32.8 Å². The fourth-order valence-corrected chi connectivity index (χ4v) is 8.14. The summed E-state index contributed by atoms with van der Waals surface area (Å²) in [6, 6.07) is 5.08. The van der Waals surface area contributed by atoms with E-state index >= 15 is 0 Å². The summed E-state index contributed by atoms with van der Waals surface area (Å²) in [6.45, 7) is 2.29. The third kappa shape index (κ3) is 6.36. The van der Waals surface area contributed by atoms with E-state index in [9.17, 15) is 34.5 Å². The molecule has 3 aliphatic heterocycles. The number of allylic oxidation sites excluding steroid dienone is 1. The number of fused-ring (bicyclic) bond motifs is 2. The van der Waals surface area contributed by atoms with Gasteiger partial charge in [0.1, 0.15) is 22.1 Å². The van der Waals surface area contributed by atoms with Crippen LogP contribution in [-0.4, -0.2) is 93.0 Å². The molecule has 14 nitrogen and oxygen atoms in total. The zero-order chi connectivity index (χ0) is 32.3. The first-order valence-corrected chi connectivity index (χ1v) is 16.7. The van der Waals surface area contributed by atoms with Crippen molar-refractivity contribution in [2.45, 2.75) is 49.0 Å². The molecule has 3 amide bonds. The first kappa shape index (κ1) is 33.3. The Balaban J connectivity index is 0.00000225. The number of carboxylic acids is 1. The number of hydrogen-bond acceptors (Lipinski definition) is 11. The SMILES string of the molecule is Cc1cc(SCC(=O)N[C@@H]2C(=O)N3C(C(=O)O)=C(C(CC4CC4)=C4CCNC4=O)CS[C@H]23)n2nc(-c3ccc(O)c(O)c3)nc2n1.[H-].[Na+]. The van der Waals surface area contributed by atoms with E-state index in [1.165, 1.54) is 45.1 Å². The summed E-state index contributed by atoms with van der Waals surface area (Å²) in [7, 11) is 0. The maximum Gasteiger partial charge on any atom is 1.00 e. The van der Waals surface area contributed by atoms with Gasteiger partial charge in [-0.3, -0.25) is 19.3 Å². The molecule has 17 heteroatoms. The Hall–Kier alpha value is -3.57. The molecule has 5 N–H and O–H groups in total. The number of nitrogens with one attached hydrogen (secondary N) is 2. The van der Waals surface area contributed by atoms with Crippen LogP contribution in [0.15, 0.2) is 51.7 Å². The van der Waals surface area contributed by atoms with Gasteiger partial charge in [-0.15, -0.1) is 16.9 Å². The summed E-state index contributed by atoms with van der Waals surface area (Å²) >= 11 is 2.55. The van der Waals surface area contributed by atoms with E-state index in [-0.39, 0.29) is 71.4 Å². The Labute approximate surface area is 300 Å². The molecule has 0 radical (unpaired) electrons. The van der Waals surface area contributed by atoms with Gasteiger partial charge < -0.3 is 27.4 Å². The second-order valence-electron chi connectivity index (χ2n) is 11.6. The number of benzene rings is 1. The molecule has 47 heavy (non-hydrogen) atoms. The molecule has 2 saturated heterocycles. The monoisotopic (exact) mass is 687 g/mol. The minimum Gasteiger partial charge on any atom is -1.00 e. The number of β-lactam (4-membered cyclic amide) rings is 1. The average molecular weight is 688 g/mol. The molecule has 3 aromatic rings. The zero-order valence-corrected chi connectivity index (χ0v) is 29.2. The molecule has 4 aliphatic rings. The quantitative estimate of drug-likeness (QED) is 0.0464. The van der Waals surface area contributed by atoms with Crippen LogP contribution in [0.2, 0.25) is 0 Å². The van der Waals surface area contributed by atoms with Crippen LogP contribution in [0, 0.1) is 12.8 Å². The van der Waals surface area contributed by atoms with Gasteiger partial charge >= 0.3 is 35.5 Å². The Kier molecular flexibility index (Phi) is 9.32. The molecular weight excluding hydrogens is 657 g/mol. The topological polar surface area (TPSA) is 199 Å². The van der Waals surface area contributed by atoms with Gasteiger partial charge in [0, 0.05) is 29.1 Å². The minimum atomic E-state index is -1.23. The van der Waals surface area contributed by atoms with Crippen LogP contribution in [0.4, 0.5) is 0 Å². The van der Waals surface area contributed by atoms with Crippen molar-refractivity contribution < 1.29 is 65.5 Å². The van der Waals surface area contributed by atoms with Crippen molar-refractivity contribution in [1.82, 2.24) is 35.1 Å². The van der Waals surface area contributed by atoms with E-state index in [1.54, 1.807) is 19.1 Å². The van der Waals surface area contributed by atoms with Crippen LogP contribution in [0.5, 0.6) is 11.5 Å². The maximum atomic E-state index is 13.3. The van der Waals surface area contributed by atoms with E-state index < -0.39 is 29.2 Å². The van der Waals surface area contributed by atoms with Crippen LogP contribution in [0.25, 0.3) is 17.2 Å². The smallest absolute Gasteiger partial charge is 1.00 e. The van der Waals surface area contributed by atoms with Gasteiger partial charge in [0.2, 0.25) is 11.8 Å². The van der Waals surface area contributed by atoms with Gasteiger partial charge in [-0.05, 0) is 73.9 Å². The van der Waals surface area contributed by atoms with Crippen molar-refractivity contribution >= 4 is 53.0 Å². The number of carboxylic acid groups (broad SMARTS) is 1. The Bertz CT molecular complexity index is 1920.